The van der Waals surface area contributed by atoms with Gasteiger partial charge in [0.1, 0.15) is 0 Å². The first kappa shape index (κ1) is 9.99. The highest BCUT2D eigenvalue weighted by atomic mass is 14.9. The topological polar surface area (TPSA) is 27.8 Å². The Morgan fingerprint density at radius 1 is 1.13 bits per heavy atom. The van der Waals surface area contributed by atoms with Crippen molar-refractivity contribution in [2.24, 2.45) is 0 Å². The van der Waals surface area contributed by atoms with Crippen molar-refractivity contribution in [1.29, 1.82) is 0 Å². The summed E-state index contributed by atoms with van der Waals surface area (Å²) >= 11 is 0. The van der Waals surface area contributed by atoms with Gasteiger partial charge in [-0.05, 0) is 25.6 Å². The molecule has 0 aliphatic heterocycles. The van der Waals surface area contributed by atoms with Crippen molar-refractivity contribution < 1.29 is 0 Å². The lowest BCUT2D eigenvalue weighted by atomic mass is 10.0. The third-order valence-electron chi connectivity index (χ3n) is 2.73. The summed E-state index contributed by atoms with van der Waals surface area (Å²) in [4.78, 5) is 3.29. The van der Waals surface area contributed by atoms with Crippen LogP contribution in [-0.4, -0.2) is 12.0 Å². The van der Waals surface area contributed by atoms with Crippen molar-refractivity contribution in [3.8, 4) is 11.1 Å². The zero-order chi connectivity index (χ0) is 10.7. The fourth-order valence-electron chi connectivity index (χ4n) is 1.75. The van der Waals surface area contributed by atoms with Crippen LogP contribution in [0.25, 0.3) is 11.1 Å². The largest absolute Gasteiger partial charge is 0.363 e. The van der Waals surface area contributed by atoms with Crippen molar-refractivity contribution in [2.75, 3.05) is 7.05 Å². The average Bonchev–Trinajstić information content (AvgIpc) is 2.78. The first-order valence-electron chi connectivity index (χ1n) is 5.23. The highest BCUT2D eigenvalue weighted by molar-refractivity contribution is 5.66. The maximum Gasteiger partial charge on any atom is 0.0448 e. The molecular weight excluding hydrogens is 184 g/mol. The Balaban J connectivity index is 2.41. The van der Waals surface area contributed by atoms with Crippen molar-refractivity contribution in [3.63, 3.8) is 0 Å². The summed E-state index contributed by atoms with van der Waals surface area (Å²) in [6.45, 7) is 2.15. The lowest BCUT2D eigenvalue weighted by Crippen LogP contribution is -2.13. The SMILES string of the molecule is CN[C@@H](C)c1[nH]ccc1-c1ccccc1. The quantitative estimate of drug-likeness (QED) is 0.783. The summed E-state index contributed by atoms with van der Waals surface area (Å²) in [5, 5.41) is 3.25. The second-order valence-corrected chi connectivity index (χ2v) is 3.68. The van der Waals surface area contributed by atoms with Gasteiger partial charge in [-0.25, -0.2) is 0 Å². The van der Waals surface area contributed by atoms with E-state index in [0.29, 0.717) is 6.04 Å². The monoisotopic (exact) mass is 200 g/mol. The first-order chi connectivity index (χ1) is 7.33. The molecule has 0 bridgehead atoms. The lowest BCUT2D eigenvalue weighted by molar-refractivity contribution is 0.638. The summed E-state index contributed by atoms with van der Waals surface area (Å²) < 4.78 is 0. The molecule has 2 aromatic rings. The van der Waals surface area contributed by atoms with E-state index < -0.39 is 0 Å². The van der Waals surface area contributed by atoms with Gasteiger partial charge in [-0.15, -0.1) is 0 Å². The molecule has 0 aliphatic rings. The van der Waals surface area contributed by atoms with Gasteiger partial charge in [-0.2, -0.15) is 0 Å². The van der Waals surface area contributed by atoms with Crippen LogP contribution >= 0.6 is 0 Å². The molecule has 0 fully saturated rings. The predicted octanol–water partition coefficient (Wildman–Crippen LogP) is 2.96. The number of nitrogens with one attached hydrogen (secondary N) is 2. The molecule has 0 spiro atoms. The minimum Gasteiger partial charge on any atom is -0.363 e. The second kappa shape index (κ2) is 4.32. The van der Waals surface area contributed by atoms with Gasteiger partial charge in [0, 0.05) is 23.5 Å². The summed E-state index contributed by atoms with van der Waals surface area (Å²) in [5.74, 6) is 0. The molecule has 1 aromatic heterocycles. The molecule has 0 aliphatic carbocycles. The maximum absolute atomic E-state index is 3.29. The van der Waals surface area contributed by atoms with E-state index in [1.807, 2.05) is 19.3 Å². The van der Waals surface area contributed by atoms with E-state index in [4.69, 9.17) is 0 Å². The van der Waals surface area contributed by atoms with Gasteiger partial charge in [-0.1, -0.05) is 30.3 Å². The molecule has 2 rings (SSSR count). The van der Waals surface area contributed by atoms with Crippen molar-refractivity contribution in [3.05, 3.63) is 48.3 Å². The molecule has 78 valence electrons. The Morgan fingerprint density at radius 2 is 1.87 bits per heavy atom. The second-order valence-electron chi connectivity index (χ2n) is 3.68. The summed E-state index contributed by atoms with van der Waals surface area (Å²) in [6, 6.07) is 12.9. The summed E-state index contributed by atoms with van der Waals surface area (Å²) in [5.41, 5.74) is 3.78. The van der Waals surface area contributed by atoms with E-state index in [0.717, 1.165) is 0 Å². The lowest BCUT2D eigenvalue weighted by Gasteiger charge is -2.11. The van der Waals surface area contributed by atoms with Gasteiger partial charge in [0.25, 0.3) is 0 Å². The molecule has 15 heavy (non-hydrogen) atoms. The van der Waals surface area contributed by atoms with Crippen molar-refractivity contribution in [2.45, 2.75) is 13.0 Å². The van der Waals surface area contributed by atoms with Crippen LogP contribution in [0.3, 0.4) is 0 Å². The Kier molecular flexibility index (Phi) is 2.88. The van der Waals surface area contributed by atoms with Gasteiger partial charge in [0.15, 0.2) is 0 Å². The number of aromatic nitrogens is 1. The Morgan fingerprint density at radius 3 is 2.53 bits per heavy atom. The highest BCUT2D eigenvalue weighted by Crippen LogP contribution is 2.26. The van der Waals surface area contributed by atoms with Crippen molar-refractivity contribution >= 4 is 0 Å². The molecular formula is C13H16N2. The number of hydrogen-bond donors (Lipinski definition) is 2. The van der Waals surface area contributed by atoms with E-state index in [-0.39, 0.29) is 0 Å². The van der Waals surface area contributed by atoms with Gasteiger partial charge in [-0.3, -0.25) is 0 Å². The smallest absolute Gasteiger partial charge is 0.0448 e. The maximum atomic E-state index is 3.29. The molecule has 1 heterocycles. The van der Waals surface area contributed by atoms with E-state index in [1.54, 1.807) is 0 Å². The van der Waals surface area contributed by atoms with Crippen LogP contribution in [0.2, 0.25) is 0 Å². The Bertz CT molecular complexity index is 417. The van der Waals surface area contributed by atoms with Crippen LogP contribution in [0.4, 0.5) is 0 Å². The molecule has 1 aromatic carbocycles. The van der Waals surface area contributed by atoms with Gasteiger partial charge < -0.3 is 10.3 Å². The molecule has 0 amide bonds. The number of benzene rings is 1. The van der Waals surface area contributed by atoms with Crippen LogP contribution in [0, 0.1) is 0 Å². The Labute approximate surface area is 90.3 Å². The molecule has 0 saturated heterocycles. The minimum absolute atomic E-state index is 0.343. The van der Waals surface area contributed by atoms with Gasteiger partial charge in [0.05, 0.1) is 0 Å². The normalized spacial score (nSPS) is 12.7. The summed E-state index contributed by atoms with van der Waals surface area (Å²) in [6.07, 6.45) is 1.99. The number of hydrogen-bond acceptors (Lipinski definition) is 1. The van der Waals surface area contributed by atoms with E-state index in [1.165, 1.54) is 16.8 Å². The van der Waals surface area contributed by atoms with Gasteiger partial charge in [0.2, 0.25) is 0 Å². The van der Waals surface area contributed by atoms with Crippen LogP contribution < -0.4 is 5.32 Å². The fourth-order valence-corrected chi connectivity index (χ4v) is 1.75. The molecule has 0 unspecified atom stereocenters. The van der Waals surface area contributed by atoms with Crippen LogP contribution in [0.5, 0.6) is 0 Å². The molecule has 2 nitrogen and oxygen atoms in total. The highest BCUT2D eigenvalue weighted by Gasteiger charge is 2.10. The van der Waals surface area contributed by atoms with E-state index in [9.17, 15) is 0 Å². The molecule has 1 atom stereocenters. The third kappa shape index (κ3) is 1.95. The van der Waals surface area contributed by atoms with Crippen LogP contribution in [0.15, 0.2) is 42.6 Å². The molecule has 2 N–H and O–H groups in total. The summed E-state index contributed by atoms with van der Waals surface area (Å²) in [7, 11) is 1.97. The Hall–Kier alpha value is -1.54. The number of H-pyrrole nitrogens is 1. The molecule has 0 saturated carbocycles. The molecule has 2 heteroatoms. The average molecular weight is 200 g/mol. The zero-order valence-corrected chi connectivity index (χ0v) is 9.12. The van der Waals surface area contributed by atoms with E-state index >= 15 is 0 Å². The number of rotatable bonds is 3. The van der Waals surface area contributed by atoms with Crippen LogP contribution in [0.1, 0.15) is 18.7 Å². The van der Waals surface area contributed by atoms with E-state index in [2.05, 4.69) is 47.6 Å². The standard InChI is InChI=1S/C13H16N2/c1-10(14-2)13-12(8-9-15-13)11-6-4-3-5-7-11/h3-10,14-15H,1-2H3/t10-/m0/s1. The first-order valence-corrected chi connectivity index (χ1v) is 5.23. The number of aromatic amines is 1. The zero-order valence-electron chi connectivity index (χ0n) is 9.12. The molecule has 0 radical (unpaired) electrons. The minimum atomic E-state index is 0.343. The fraction of sp³-hybridized carbons (Fsp3) is 0.231. The van der Waals surface area contributed by atoms with Crippen molar-refractivity contribution in [1.82, 2.24) is 10.3 Å². The van der Waals surface area contributed by atoms with Crippen LogP contribution in [-0.2, 0) is 0 Å². The third-order valence-corrected chi connectivity index (χ3v) is 2.73. The van der Waals surface area contributed by atoms with Gasteiger partial charge >= 0.3 is 0 Å². The predicted molar refractivity (Wildman–Crippen MR) is 63.7 cm³/mol.